The molecule has 0 aliphatic rings. The first-order chi connectivity index (χ1) is 10.2. The second-order valence-corrected chi connectivity index (χ2v) is 6.19. The molecule has 106 valence electrons. The number of ether oxygens (including phenoxy) is 1. The van der Waals surface area contributed by atoms with Crippen LogP contribution in [0.15, 0.2) is 60.7 Å². The van der Waals surface area contributed by atoms with Crippen LogP contribution in [0, 0.1) is 0 Å². The summed E-state index contributed by atoms with van der Waals surface area (Å²) in [6, 6.07) is 20.7. The summed E-state index contributed by atoms with van der Waals surface area (Å²) >= 11 is 9.97. The van der Waals surface area contributed by atoms with Crippen LogP contribution in [-0.2, 0) is 0 Å². The summed E-state index contributed by atoms with van der Waals surface area (Å²) < 4.78 is 5.20. The maximum absolute atomic E-state index is 6.21. The zero-order valence-corrected chi connectivity index (χ0v) is 13.9. The van der Waals surface area contributed by atoms with Gasteiger partial charge in [-0.15, -0.1) is 0 Å². The Morgan fingerprint density at radius 3 is 2.29 bits per heavy atom. The van der Waals surface area contributed by atoms with Crippen LogP contribution in [0.3, 0.4) is 0 Å². The molecule has 0 fully saturated rings. The molecule has 3 aromatic rings. The first-order valence-corrected chi connectivity index (χ1v) is 7.94. The van der Waals surface area contributed by atoms with Crippen LogP contribution in [0.1, 0.15) is 16.0 Å². The van der Waals surface area contributed by atoms with Crippen LogP contribution in [0.5, 0.6) is 5.75 Å². The molecule has 0 bridgehead atoms. The lowest BCUT2D eigenvalue weighted by Gasteiger charge is -2.13. The van der Waals surface area contributed by atoms with E-state index in [1.807, 2.05) is 18.2 Å². The second-order valence-electron chi connectivity index (χ2n) is 4.86. The zero-order chi connectivity index (χ0) is 14.8. The molecule has 0 saturated carbocycles. The second kappa shape index (κ2) is 6.08. The van der Waals surface area contributed by atoms with Crippen molar-refractivity contribution in [3.63, 3.8) is 0 Å². The monoisotopic (exact) mass is 360 g/mol. The molecule has 0 N–H and O–H groups in total. The van der Waals surface area contributed by atoms with Crippen molar-refractivity contribution in [2.45, 2.75) is 4.83 Å². The van der Waals surface area contributed by atoms with E-state index in [1.165, 1.54) is 16.3 Å². The quantitative estimate of drug-likeness (QED) is 0.521. The Labute approximate surface area is 137 Å². The molecule has 0 aliphatic carbocycles. The van der Waals surface area contributed by atoms with Crippen molar-refractivity contribution in [2.24, 2.45) is 0 Å². The summed E-state index contributed by atoms with van der Waals surface area (Å²) in [4.78, 5) is 0.102. The topological polar surface area (TPSA) is 9.23 Å². The Morgan fingerprint density at radius 1 is 0.905 bits per heavy atom. The van der Waals surface area contributed by atoms with Gasteiger partial charge >= 0.3 is 0 Å². The van der Waals surface area contributed by atoms with E-state index in [-0.39, 0.29) is 4.83 Å². The lowest BCUT2D eigenvalue weighted by atomic mass is 10.0. The van der Waals surface area contributed by atoms with Gasteiger partial charge in [0.1, 0.15) is 5.75 Å². The molecule has 1 nitrogen and oxygen atoms in total. The highest BCUT2D eigenvalue weighted by Crippen LogP contribution is 2.36. The lowest BCUT2D eigenvalue weighted by molar-refractivity contribution is 0.415. The molecular weight excluding hydrogens is 348 g/mol. The van der Waals surface area contributed by atoms with Gasteiger partial charge in [0.15, 0.2) is 0 Å². The molecule has 3 heteroatoms. The van der Waals surface area contributed by atoms with Gasteiger partial charge in [-0.25, -0.2) is 0 Å². The largest absolute Gasteiger partial charge is 0.495 e. The highest BCUT2D eigenvalue weighted by molar-refractivity contribution is 9.09. The van der Waals surface area contributed by atoms with Crippen molar-refractivity contribution in [3.05, 3.63) is 76.8 Å². The zero-order valence-electron chi connectivity index (χ0n) is 11.5. The Morgan fingerprint density at radius 2 is 1.57 bits per heavy atom. The minimum absolute atomic E-state index is 0.102. The number of rotatable bonds is 3. The van der Waals surface area contributed by atoms with Crippen molar-refractivity contribution >= 4 is 38.3 Å². The molecule has 3 aromatic carbocycles. The molecular formula is C18H14BrClO. The molecule has 3 rings (SSSR count). The van der Waals surface area contributed by atoms with Crippen molar-refractivity contribution in [2.75, 3.05) is 7.11 Å². The van der Waals surface area contributed by atoms with Crippen molar-refractivity contribution in [3.8, 4) is 5.75 Å². The number of alkyl halides is 1. The molecule has 1 unspecified atom stereocenters. The first-order valence-electron chi connectivity index (χ1n) is 6.65. The van der Waals surface area contributed by atoms with E-state index in [2.05, 4.69) is 58.4 Å². The molecule has 0 spiro atoms. The van der Waals surface area contributed by atoms with Crippen LogP contribution in [0.2, 0.25) is 5.02 Å². The number of fused-ring (bicyclic) bond motifs is 1. The summed E-state index contributed by atoms with van der Waals surface area (Å²) in [5.74, 6) is 0.693. The van der Waals surface area contributed by atoms with Crippen LogP contribution in [-0.4, -0.2) is 7.11 Å². The first kappa shape index (κ1) is 14.4. The SMILES string of the molecule is COc1ccc(C(Br)c2ccc3ccccc3c2)cc1Cl. The van der Waals surface area contributed by atoms with Gasteiger partial charge in [0, 0.05) is 0 Å². The Hall–Kier alpha value is -1.51. The molecule has 0 saturated heterocycles. The molecule has 0 amide bonds. The molecule has 0 aromatic heterocycles. The van der Waals surface area contributed by atoms with Crippen LogP contribution < -0.4 is 4.74 Å². The maximum Gasteiger partial charge on any atom is 0.137 e. The third-order valence-electron chi connectivity index (χ3n) is 3.53. The van der Waals surface area contributed by atoms with E-state index in [4.69, 9.17) is 16.3 Å². The fourth-order valence-electron chi connectivity index (χ4n) is 2.40. The van der Waals surface area contributed by atoms with Gasteiger partial charge in [0.05, 0.1) is 17.0 Å². The average Bonchev–Trinajstić information content (AvgIpc) is 2.53. The van der Waals surface area contributed by atoms with E-state index in [9.17, 15) is 0 Å². The van der Waals surface area contributed by atoms with E-state index in [0.717, 1.165) is 5.56 Å². The van der Waals surface area contributed by atoms with E-state index >= 15 is 0 Å². The van der Waals surface area contributed by atoms with Gasteiger partial charge in [-0.2, -0.15) is 0 Å². The minimum atomic E-state index is 0.102. The predicted octanol–water partition coefficient (Wildman–Crippen LogP) is 5.99. The van der Waals surface area contributed by atoms with Gasteiger partial charge in [0.25, 0.3) is 0 Å². The van der Waals surface area contributed by atoms with Gasteiger partial charge in [0.2, 0.25) is 0 Å². The van der Waals surface area contributed by atoms with E-state index in [0.29, 0.717) is 10.8 Å². The van der Waals surface area contributed by atoms with Crippen LogP contribution in [0.25, 0.3) is 10.8 Å². The van der Waals surface area contributed by atoms with Gasteiger partial charge in [-0.05, 0) is 40.1 Å². The van der Waals surface area contributed by atoms with Crippen molar-refractivity contribution in [1.82, 2.24) is 0 Å². The van der Waals surface area contributed by atoms with Crippen LogP contribution in [0.4, 0.5) is 0 Å². The third kappa shape index (κ3) is 2.92. The van der Waals surface area contributed by atoms with E-state index in [1.54, 1.807) is 7.11 Å². The molecule has 0 heterocycles. The number of benzene rings is 3. The normalized spacial score (nSPS) is 12.3. The Kier molecular flexibility index (Phi) is 4.18. The number of halogens is 2. The standard InChI is InChI=1S/C18H14BrClO/c1-21-17-9-8-15(11-16(17)20)18(19)14-7-6-12-4-2-3-5-13(12)10-14/h2-11,18H,1H3. The summed E-state index contributed by atoms with van der Waals surface area (Å²) in [7, 11) is 1.62. The van der Waals surface area contributed by atoms with Crippen LogP contribution >= 0.6 is 27.5 Å². The fourth-order valence-corrected chi connectivity index (χ4v) is 3.23. The van der Waals surface area contributed by atoms with Gasteiger partial charge in [-0.3, -0.25) is 0 Å². The highest BCUT2D eigenvalue weighted by Gasteiger charge is 2.13. The lowest BCUT2D eigenvalue weighted by Crippen LogP contribution is -1.94. The number of hydrogen-bond acceptors (Lipinski definition) is 1. The van der Waals surface area contributed by atoms with Crippen molar-refractivity contribution < 1.29 is 4.74 Å². The number of methoxy groups -OCH3 is 1. The maximum atomic E-state index is 6.21. The van der Waals surface area contributed by atoms with E-state index < -0.39 is 0 Å². The molecule has 21 heavy (non-hydrogen) atoms. The van der Waals surface area contributed by atoms with Gasteiger partial charge in [-0.1, -0.05) is 70.0 Å². The number of hydrogen-bond donors (Lipinski definition) is 0. The summed E-state index contributed by atoms with van der Waals surface area (Å²) in [6.07, 6.45) is 0. The smallest absolute Gasteiger partial charge is 0.137 e. The Bertz CT molecular complexity index is 785. The minimum Gasteiger partial charge on any atom is -0.495 e. The molecule has 0 radical (unpaired) electrons. The fraction of sp³-hybridized carbons (Fsp3) is 0.111. The van der Waals surface area contributed by atoms with Crippen molar-refractivity contribution in [1.29, 1.82) is 0 Å². The third-order valence-corrected chi connectivity index (χ3v) is 4.89. The summed E-state index contributed by atoms with van der Waals surface area (Å²) in [6.45, 7) is 0. The average molecular weight is 362 g/mol. The molecule has 0 aliphatic heterocycles. The van der Waals surface area contributed by atoms with Gasteiger partial charge < -0.3 is 4.74 Å². The summed E-state index contributed by atoms with van der Waals surface area (Å²) in [5, 5.41) is 3.10. The predicted molar refractivity (Wildman–Crippen MR) is 92.7 cm³/mol. The Balaban J connectivity index is 1.99. The highest BCUT2D eigenvalue weighted by atomic mass is 79.9. The summed E-state index contributed by atoms with van der Waals surface area (Å²) in [5.41, 5.74) is 2.31. The molecule has 1 atom stereocenters.